The molecule has 0 aromatic heterocycles. The lowest BCUT2D eigenvalue weighted by Gasteiger charge is -2.35. The van der Waals surface area contributed by atoms with E-state index < -0.39 is 16.2 Å². The maximum absolute atomic E-state index is 12.2. The fourth-order valence-electron chi connectivity index (χ4n) is 2.50. The highest BCUT2D eigenvalue weighted by atomic mass is 32.2. The fraction of sp³-hybridized carbons (Fsp3) is 0.923. The van der Waals surface area contributed by atoms with E-state index in [0.717, 1.165) is 19.3 Å². The summed E-state index contributed by atoms with van der Waals surface area (Å²) in [4.78, 5) is 11.1. The molecule has 7 heteroatoms. The van der Waals surface area contributed by atoms with Gasteiger partial charge in [-0.1, -0.05) is 26.7 Å². The van der Waals surface area contributed by atoms with Crippen LogP contribution in [0.25, 0.3) is 0 Å². The highest BCUT2D eigenvalue weighted by Gasteiger charge is 2.31. The van der Waals surface area contributed by atoms with Gasteiger partial charge in [-0.25, -0.2) is 0 Å². The van der Waals surface area contributed by atoms with E-state index in [4.69, 9.17) is 0 Å². The first-order valence-corrected chi connectivity index (χ1v) is 8.52. The topological polar surface area (TPSA) is 75.7 Å². The zero-order chi connectivity index (χ0) is 15.3. The van der Waals surface area contributed by atoms with Crippen molar-refractivity contribution in [3.63, 3.8) is 0 Å². The zero-order valence-electron chi connectivity index (χ0n) is 12.8. The standard InChI is InChI=1S/C13H26N2O4S/c1-10-6-5-7-12(11(10)2)14-20(17,18)15(3)9-8-13(16)19-4/h10-12,14H,5-9H2,1-4H3. The fourth-order valence-corrected chi connectivity index (χ4v) is 3.73. The SMILES string of the molecule is COC(=O)CCN(C)S(=O)(=O)NC1CCCC(C)C1C. The smallest absolute Gasteiger partial charge is 0.306 e. The van der Waals surface area contributed by atoms with Crippen molar-refractivity contribution in [2.24, 2.45) is 11.8 Å². The first-order valence-electron chi connectivity index (χ1n) is 7.08. The van der Waals surface area contributed by atoms with Crippen LogP contribution in [0.3, 0.4) is 0 Å². The largest absolute Gasteiger partial charge is 0.469 e. The molecule has 1 aliphatic rings. The van der Waals surface area contributed by atoms with Gasteiger partial charge in [0.1, 0.15) is 0 Å². The molecule has 118 valence electrons. The lowest BCUT2D eigenvalue weighted by molar-refractivity contribution is -0.140. The summed E-state index contributed by atoms with van der Waals surface area (Å²) in [6.07, 6.45) is 3.13. The van der Waals surface area contributed by atoms with Crippen molar-refractivity contribution in [2.45, 2.75) is 45.6 Å². The van der Waals surface area contributed by atoms with Crippen LogP contribution in [0.5, 0.6) is 0 Å². The summed E-state index contributed by atoms with van der Waals surface area (Å²) in [7, 11) is -0.778. The zero-order valence-corrected chi connectivity index (χ0v) is 13.6. The van der Waals surface area contributed by atoms with Gasteiger partial charge < -0.3 is 4.74 Å². The van der Waals surface area contributed by atoms with E-state index in [0.29, 0.717) is 11.8 Å². The molecular weight excluding hydrogens is 280 g/mol. The summed E-state index contributed by atoms with van der Waals surface area (Å²) in [5.41, 5.74) is 0. The van der Waals surface area contributed by atoms with Crippen LogP contribution in [-0.2, 0) is 19.7 Å². The lowest BCUT2D eigenvalue weighted by Crippen LogP contribution is -2.49. The summed E-state index contributed by atoms with van der Waals surface area (Å²) < 4.78 is 32.9. The van der Waals surface area contributed by atoms with E-state index in [2.05, 4.69) is 23.3 Å². The third kappa shape index (κ3) is 4.71. The van der Waals surface area contributed by atoms with Crippen molar-refractivity contribution in [3.8, 4) is 0 Å². The average molecular weight is 306 g/mol. The molecule has 0 saturated heterocycles. The molecule has 0 aromatic carbocycles. The summed E-state index contributed by atoms with van der Waals surface area (Å²) in [5.74, 6) is 0.441. The third-order valence-electron chi connectivity index (χ3n) is 4.28. The molecule has 6 nitrogen and oxygen atoms in total. The summed E-state index contributed by atoms with van der Waals surface area (Å²) in [5, 5.41) is 0. The number of rotatable bonds is 6. The Morgan fingerprint density at radius 2 is 2.00 bits per heavy atom. The van der Waals surface area contributed by atoms with Gasteiger partial charge in [-0.15, -0.1) is 0 Å². The van der Waals surface area contributed by atoms with Crippen molar-refractivity contribution in [1.82, 2.24) is 9.03 Å². The van der Waals surface area contributed by atoms with Crippen LogP contribution in [0, 0.1) is 11.8 Å². The van der Waals surface area contributed by atoms with Gasteiger partial charge in [0.2, 0.25) is 0 Å². The molecule has 1 saturated carbocycles. The Kier molecular flexibility index (Phi) is 6.42. The van der Waals surface area contributed by atoms with Gasteiger partial charge in [0.25, 0.3) is 10.2 Å². The number of hydrogen-bond donors (Lipinski definition) is 1. The van der Waals surface area contributed by atoms with Crippen LogP contribution in [0.4, 0.5) is 0 Å². The van der Waals surface area contributed by atoms with Crippen molar-refractivity contribution in [3.05, 3.63) is 0 Å². The molecule has 1 aliphatic carbocycles. The highest BCUT2D eigenvalue weighted by Crippen LogP contribution is 2.29. The lowest BCUT2D eigenvalue weighted by atomic mass is 9.78. The Bertz CT molecular complexity index is 424. The number of carbonyl (C=O) groups excluding carboxylic acids is 1. The Labute approximate surface area is 122 Å². The van der Waals surface area contributed by atoms with Crippen molar-refractivity contribution >= 4 is 16.2 Å². The Morgan fingerprint density at radius 1 is 1.35 bits per heavy atom. The number of carbonyl (C=O) groups is 1. The number of nitrogens with zero attached hydrogens (tertiary/aromatic N) is 1. The van der Waals surface area contributed by atoms with Crippen LogP contribution in [0.1, 0.15) is 39.5 Å². The predicted octanol–water partition coefficient (Wildman–Crippen LogP) is 1.14. The Hall–Kier alpha value is -0.660. The van der Waals surface area contributed by atoms with Crippen molar-refractivity contribution in [1.29, 1.82) is 0 Å². The molecule has 0 bridgehead atoms. The second-order valence-electron chi connectivity index (χ2n) is 5.64. The molecule has 0 heterocycles. The van der Waals surface area contributed by atoms with Crippen molar-refractivity contribution in [2.75, 3.05) is 20.7 Å². The molecule has 1 fully saturated rings. The minimum Gasteiger partial charge on any atom is -0.469 e. The van der Waals surface area contributed by atoms with Crippen LogP contribution in [0.2, 0.25) is 0 Å². The van der Waals surface area contributed by atoms with Gasteiger partial charge in [0.15, 0.2) is 0 Å². The van der Waals surface area contributed by atoms with Crippen molar-refractivity contribution < 1.29 is 17.9 Å². The first-order chi connectivity index (χ1) is 9.27. The molecule has 0 spiro atoms. The molecule has 0 aliphatic heterocycles. The molecule has 0 amide bonds. The normalized spacial score (nSPS) is 27.6. The number of ether oxygens (including phenoxy) is 1. The average Bonchev–Trinajstić information content (AvgIpc) is 2.40. The maximum atomic E-state index is 12.2. The Morgan fingerprint density at radius 3 is 2.60 bits per heavy atom. The number of hydrogen-bond acceptors (Lipinski definition) is 4. The van der Waals surface area contributed by atoms with Gasteiger partial charge in [-0.3, -0.25) is 4.79 Å². The van der Waals surface area contributed by atoms with E-state index >= 15 is 0 Å². The van der Waals surface area contributed by atoms with E-state index in [1.54, 1.807) is 0 Å². The summed E-state index contributed by atoms with van der Waals surface area (Å²) in [6, 6.07) is -0.0238. The maximum Gasteiger partial charge on any atom is 0.306 e. The van der Waals surface area contributed by atoms with E-state index in [1.807, 2.05) is 0 Å². The molecule has 1 rings (SSSR count). The molecule has 20 heavy (non-hydrogen) atoms. The predicted molar refractivity (Wildman–Crippen MR) is 77.3 cm³/mol. The van der Waals surface area contributed by atoms with E-state index in [1.165, 1.54) is 18.5 Å². The first kappa shape index (κ1) is 17.4. The second-order valence-corrected chi connectivity index (χ2v) is 7.45. The summed E-state index contributed by atoms with van der Waals surface area (Å²) >= 11 is 0. The van der Waals surface area contributed by atoms with Gasteiger partial charge in [0.05, 0.1) is 13.5 Å². The van der Waals surface area contributed by atoms with Gasteiger partial charge in [0, 0.05) is 19.6 Å². The van der Waals surface area contributed by atoms with Crippen LogP contribution >= 0.6 is 0 Å². The molecular formula is C13H26N2O4S. The monoisotopic (exact) mass is 306 g/mol. The Balaban J connectivity index is 2.57. The van der Waals surface area contributed by atoms with Gasteiger partial charge in [-0.2, -0.15) is 17.4 Å². The van der Waals surface area contributed by atoms with Crippen LogP contribution in [-0.4, -0.2) is 45.4 Å². The van der Waals surface area contributed by atoms with Crippen LogP contribution in [0.15, 0.2) is 0 Å². The van der Waals surface area contributed by atoms with Gasteiger partial charge >= 0.3 is 5.97 Å². The molecule has 0 radical (unpaired) electrons. The molecule has 1 N–H and O–H groups in total. The molecule has 0 aromatic rings. The van der Waals surface area contributed by atoms with E-state index in [-0.39, 0.29) is 19.0 Å². The summed E-state index contributed by atoms with van der Waals surface area (Å²) in [6.45, 7) is 4.37. The number of esters is 1. The quantitative estimate of drug-likeness (QED) is 0.747. The highest BCUT2D eigenvalue weighted by molar-refractivity contribution is 7.87. The third-order valence-corrected chi connectivity index (χ3v) is 5.88. The van der Waals surface area contributed by atoms with E-state index in [9.17, 15) is 13.2 Å². The second kappa shape index (κ2) is 7.38. The number of methoxy groups -OCH3 is 1. The van der Waals surface area contributed by atoms with Gasteiger partial charge in [-0.05, 0) is 18.3 Å². The molecule has 3 unspecified atom stereocenters. The molecule has 3 atom stereocenters. The minimum absolute atomic E-state index is 0.0238. The number of nitrogens with one attached hydrogen (secondary N) is 1. The van der Waals surface area contributed by atoms with Crippen LogP contribution < -0.4 is 4.72 Å². The minimum atomic E-state index is -3.54.